The number of aryl methyl sites for hydroxylation is 16. The van der Waals surface area contributed by atoms with Crippen LogP contribution in [0.25, 0.3) is 0 Å². The molecule has 2 heteroatoms. The summed E-state index contributed by atoms with van der Waals surface area (Å²) in [6.45, 7) is 50.8. The van der Waals surface area contributed by atoms with E-state index in [1.54, 1.807) is 0 Å². The summed E-state index contributed by atoms with van der Waals surface area (Å²) in [6, 6.07) is 189. The minimum Gasteiger partial charge on any atom is -0.0683 e. The Morgan fingerprint density at radius 1 is 0.101 bits per heavy atom. The molecule has 0 atom stereocenters. The smallest absolute Gasteiger partial charge is 0.0683 e. The van der Waals surface area contributed by atoms with Crippen LogP contribution in [-0.2, 0) is 16.2 Å². The molecule has 0 aliphatic heterocycles. The van der Waals surface area contributed by atoms with Crippen LogP contribution in [0.3, 0.4) is 0 Å². The predicted octanol–water partition coefficient (Wildman–Crippen LogP) is 33.4. The highest BCUT2D eigenvalue weighted by atomic mass is 28.3. The number of benzene rings is 20. The molecule has 752 valence electrons. The van der Waals surface area contributed by atoms with Crippen LogP contribution in [0.2, 0.25) is 0 Å². The van der Waals surface area contributed by atoms with Crippen molar-refractivity contribution >= 4 is 57.6 Å². The van der Waals surface area contributed by atoms with Crippen LogP contribution in [0.1, 0.15) is 211 Å². The molecule has 0 heterocycles. The lowest BCUT2D eigenvalue weighted by Gasteiger charge is -2.37. The summed E-state index contributed by atoms with van der Waals surface area (Å²) in [5.41, 5.74) is 35.1. The molecule has 0 aliphatic rings. The maximum Gasteiger partial charge on any atom is 0.179 e. The predicted molar refractivity (Wildman–Crippen MR) is 656 cm³/mol. The highest BCUT2D eigenvalue weighted by Gasteiger charge is 2.46. The third-order valence-electron chi connectivity index (χ3n) is 28.3. The molecule has 0 bridgehead atoms. The van der Waals surface area contributed by atoms with Crippen molar-refractivity contribution in [1.29, 1.82) is 0 Å². The fraction of sp³-hybridized carbons (Fsp3) is 0.184. The first kappa shape index (κ1) is 113. The zero-order chi connectivity index (χ0) is 107. The van der Waals surface area contributed by atoms with Gasteiger partial charge in [0.05, 0.1) is 16.2 Å². The Balaban J connectivity index is 0.000000162. The summed E-state index contributed by atoms with van der Waals surface area (Å²) in [4.78, 5) is 0. The molecule has 0 aliphatic carbocycles. The normalized spacial score (nSPS) is 11.0. The molecular formula is C147H156Si2. The molecule has 0 fully saturated rings. The van der Waals surface area contributed by atoms with E-state index in [1.807, 2.05) is 55.4 Å². The third kappa shape index (κ3) is 25.8. The van der Waals surface area contributed by atoms with Crippen molar-refractivity contribution in [3.63, 3.8) is 0 Å². The molecule has 0 saturated heterocycles. The summed E-state index contributed by atoms with van der Waals surface area (Å²) >= 11 is 0. The summed E-state index contributed by atoms with van der Waals surface area (Å²) < 4.78 is 0. The van der Waals surface area contributed by atoms with E-state index in [1.165, 1.54) is 197 Å². The van der Waals surface area contributed by atoms with E-state index in [4.69, 9.17) is 0 Å². The van der Waals surface area contributed by atoms with E-state index < -0.39 is 16.1 Å². The van der Waals surface area contributed by atoms with Crippen LogP contribution in [0, 0.1) is 111 Å². The molecule has 0 N–H and O–H groups in total. The summed E-state index contributed by atoms with van der Waals surface area (Å²) in [5, 5.41) is 11.5. The minimum absolute atomic E-state index is 0.328. The molecule has 0 aromatic heterocycles. The number of hydrogen-bond acceptors (Lipinski definition) is 0. The van der Waals surface area contributed by atoms with Gasteiger partial charge >= 0.3 is 0 Å². The zero-order valence-electron chi connectivity index (χ0n) is 93.0. The fourth-order valence-electron chi connectivity index (χ4n) is 21.2. The molecule has 20 rings (SSSR count). The van der Waals surface area contributed by atoms with Gasteiger partial charge in [-0.2, -0.15) is 0 Å². The Kier molecular flexibility index (Phi) is 40.8. The van der Waals surface area contributed by atoms with Gasteiger partial charge in [0.15, 0.2) is 16.1 Å². The summed E-state index contributed by atoms with van der Waals surface area (Å²) in [5.74, 6) is 0. The Hall–Kier alpha value is -15.2. The van der Waals surface area contributed by atoms with Crippen LogP contribution in [0.5, 0.6) is 0 Å². The van der Waals surface area contributed by atoms with Crippen LogP contribution >= 0.6 is 0 Å². The van der Waals surface area contributed by atoms with E-state index in [0.717, 1.165) is 0 Å². The Labute approximate surface area is 898 Å². The maximum atomic E-state index is 2.40. The van der Waals surface area contributed by atoms with Gasteiger partial charge in [-0.25, -0.2) is 0 Å². The van der Waals surface area contributed by atoms with E-state index in [2.05, 4.69) is 620 Å². The molecule has 20 aromatic rings. The van der Waals surface area contributed by atoms with Crippen molar-refractivity contribution in [1.82, 2.24) is 0 Å². The highest BCUT2D eigenvalue weighted by molar-refractivity contribution is 7.20. The molecule has 0 amide bonds. The van der Waals surface area contributed by atoms with Crippen molar-refractivity contribution in [2.24, 2.45) is 0 Å². The van der Waals surface area contributed by atoms with Gasteiger partial charge in [-0.15, -0.1) is 0 Å². The van der Waals surface area contributed by atoms with Gasteiger partial charge in [0.2, 0.25) is 0 Å². The lowest BCUT2D eigenvalue weighted by Crippen LogP contribution is -2.75. The molecule has 0 saturated carbocycles. The van der Waals surface area contributed by atoms with Gasteiger partial charge < -0.3 is 0 Å². The molecule has 0 unspecified atom stereocenters. The lowest BCUT2D eigenvalue weighted by molar-refractivity contribution is 0.741. The van der Waals surface area contributed by atoms with E-state index in [0.29, 0.717) is 0 Å². The highest BCUT2D eigenvalue weighted by Crippen LogP contribution is 2.49. The SMILES string of the molecule is CC.CC.CC.CC.Cc1ccc(C(c2ccc(C)cc2)(c2ccc(C)cc2)c2ccc(C)cc2)cc1.Cc1ccc([Si](c2ccc(C)cc2)(c2ccc(C)cc2)c2ccc(C)cc2)cc1.Cc1cccc(C(c2cccc(C)c2)(c2cccc(C)c2)c2cccc(C)c2)c1.Cc1cccc([Si](c2cccc(C)c2)(c2cccc(C)c2)c2cccc(C)c2)c1.c1ccc(C(c2ccccc2)(c2ccccc2)c2ccccc2)cc1. The van der Waals surface area contributed by atoms with Gasteiger partial charge in [0.1, 0.15) is 0 Å². The van der Waals surface area contributed by atoms with Crippen LogP contribution < -0.4 is 41.5 Å². The Morgan fingerprint density at radius 2 is 0.228 bits per heavy atom. The lowest BCUT2D eigenvalue weighted by atomic mass is 9.64. The van der Waals surface area contributed by atoms with Gasteiger partial charge in [0.25, 0.3) is 0 Å². The molecule has 20 aromatic carbocycles. The van der Waals surface area contributed by atoms with Crippen molar-refractivity contribution in [2.45, 2.75) is 182 Å². The fourth-order valence-corrected chi connectivity index (χ4v) is 31.0. The number of rotatable bonds is 20. The van der Waals surface area contributed by atoms with Crippen molar-refractivity contribution < 1.29 is 0 Å². The molecular weight excluding hydrogens is 1820 g/mol. The quantitative estimate of drug-likeness (QED) is 0.0527. The van der Waals surface area contributed by atoms with Crippen molar-refractivity contribution in [3.8, 4) is 0 Å². The molecule has 0 radical (unpaired) electrons. The second-order valence-electron chi connectivity index (χ2n) is 39.1. The second kappa shape index (κ2) is 54.0. The second-order valence-corrected chi connectivity index (χ2v) is 46.7. The maximum absolute atomic E-state index is 2.43. The largest absolute Gasteiger partial charge is 0.179 e. The van der Waals surface area contributed by atoms with Gasteiger partial charge in [-0.3, -0.25) is 0 Å². The van der Waals surface area contributed by atoms with Crippen molar-refractivity contribution in [3.05, 3.63) is 665 Å². The molecule has 149 heavy (non-hydrogen) atoms. The monoisotopic (exact) mass is 1980 g/mol. The summed E-state index contributed by atoms with van der Waals surface area (Å²) in [7, 11) is -4.82. The Bertz CT molecular complexity index is 6200. The first-order valence-electron chi connectivity index (χ1n) is 53.8. The molecule has 0 spiro atoms. The van der Waals surface area contributed by atoms with Gasteiger partial charge in [-0.05, 0) is 219 Å². The zero-order valence-corrected chi connectivity index (χ0v) is 95.0. The van der Waals surface area contributed by atoms with E-state index >= 15 is 0 Å². The van der Waals surface area contributed by atoms with Gasteiger partial charge in [-0.1, -0.05) is 654 Å². The van der Waals surface area contributed by atoms with Gasteiger partial charge in [0, 0.05) is 0 Å². The first-order chi connectivity index (χ1) is 72.4. The van der Waals surface area contributed by atoms with Crippen LogP contribution in [0.15, 0.2) is 510 Å². The Morgan fingerprint density at radius 3 is 0.389 bits per heavy atom. The topological polar surface area (TPSA) is 0 Å². The first-order valence-corrected chi connectivity index (χ1v) is 57.8. The standard InChI is InChI=1S/2C29H28.2C28H28Si.C25H20.4C2H6/c1-21-5-13-25(14-6-21)29(26-15-7-22(2)8-16-26,27-17-9-23(3)10-18-27)28-19-11-24(4)12-20-28;1-21-9-5-13-25(17-21)29(26-14-6-10-22(2)18-26,27-15-7-11-23(3)19-27)28-16-8-12-24(4)20-28;1-21-5-13-25(14-6-21)29(26-15-7-22(2)8-16-26,27-17-9-23(3)10-18-27)28-19-11-24(4)12-20-28;1-21-9-5-13-25(17-21)29(26-14-6-10-22(2)18-26,27-15-7-11-23(3)19-27)28-16-8-12-24(4)20-28;1-5-13-21(14-6-1)25(22-15-7-2-8-16-22,23-17-9-3-10-18-23)24-19-11-4-12-20-24;4*1-2/h4*5-20H,1-4H3;1-20H;4*1-2H3. The number of hydrogen-bond donors (Lipinski definition) is 0. The average molecular weight is 1980 g/mol. The minimum atomic E-state index is -2.43. The third-order valence-corrected chi connectivity index (χ3v) is 37.8. The van der Waals surface area contributed by atoms with E-state index in [-0.39, 0.29) is 16.2 Å². The molecule has 0 nitrogen and oxygen atoms in total. The average Bonchev–Trinajstić information content (AvgIpc) is 0.733. The van der Waals surface area contributed by atoms with Crippen molar-refractivity contribution in [2.75, 3.05) is 0 Å². The summed E-state index contributed by atoms with van der Waals surface area (Å²) in [6.07, 6.45) is 0. The van der Waals surface area contributed by atoms with Crippen LogP contribution in [0.4, 0.5) is 0 Å². The van der Waals surface area contributed by atoms with Crippen LogP contribution in [-0.4, -0.2) is 16.1 Å². The van der Waals surface area contributed by atoms with E-state index in [9.17, 15) is 0 Å².